The predicted molar refractivity (Wildman–Crippen MR) is 64.9 cm³/mol. The van der Waals surface area contributed by atoms with Crippen LogP contribution in [0.15, 0.2) is 23.3 Å². The van der Waals surface area contributed by atoms with E-state index in [0.29, 0.717) is 16.8 Å². The van der Waals surface area contributed by atoms with Crippen LogP contribution >= 0.6 is 0 Å². The third-order valence-corrected chi connectivity index (χ3v) is 2.45. The predicted octanol–water partition coefficient (Wildman–Crippen LogP) is 1.11. The first-order chi connectivity index (χ1) is 8.69. The van der Waals surface area contributed by atoms with Crippen molar-refractivity contribution < 1.29 is 14.3 Å². The highest BCUT2D eigenvalue weighted by molar-refractivity contribution is 5.94. The Morgan fingerprint density at radius 2 is 2.28 bits per heavy atom. The molecule has 0 aliphatic heterocycles. The van der Waals surface area contributed by atoms with Gasteiger partial charge in [0.05, 0.1) is 19.1 Å². The lowest BCUT2D eigenvalue weighted by Gasteiger charge is -2.05. The first-order valence-electron chi connectivity index (χ1n) is 5.40. The molecule has 6 nitrogen and oxygen atoms in total. The Labute approximate surface area is 103 Å². The normalized spacial score (nSPS) is 10.3. The number of H-pyrrole nitrogens is 1. The molecular formula is C12H12N2O4. The second kappa shape index (κ2) is 4.87. The van der Waals surface area contributed by atoms with Crippen LogP contribution in [-0.2, 0) is 4.74 Å². The van der Waals surface area contributed by atoms with E-state index < -0.39 is 11.4 Å². The Balaban J connectivity index is 2.65. The van der Waals surface area contributed by atoms with Crippen LogP contribution in [0.4, 0.5) is 0 Å². The van der Waals surface area contributed by atoms with Gasteiger partial charge in [-0.2, -0.15) is 0 Å². The highest BCUT2D eigenvalue weighted by Gasteiger charge is 2.15. The molecule has 0 aliphatic carbocycles. The maximum Gasteiger partial charge on any atom is 0.343 e. The van der Waals surface area contributed by atoms with Gasteiger partial charge in [-0.15, -0.1) is 0 Å². The fourth-order valence-corrected chi connectivity index (χ4v) is 1.64. The zero-order valence-corrected chi connectivity index (χ0v) is 10.0. The number of rotatable bonds is 3. The van der Waals surface area contributed by atoms with Gasteiger partial charge >= 0.3 is 5.97 Å². The number of nitrogens with zero attached hydrogens (tertiary/aromatic N) is 1. The number of hydrogen-bond donors (Lipinski definition) is 1. The second-order valence-corrected chi connectivity index (χ2v) is 3.49. The summed E-state index contributed by atoms with van der Waals surface area (Å²) >= 11 is 0. The van der Waals surface area contributed by atoms with Crippen LogP contribution in [-0.4, -0.2) is 29.7 Å². The lowest BCUT2D eigenvalue weighted by atomic mass is 10.2. The molecule has 0 aromatic carbocycles. The topological polar surface area (TPSA) is 81.3 Å². The van der Waals surface area contributed by atoms with Crippen LogP contribution in [0.3, 0.4) is 0 Å². The molecule has 94 valence electrons. The summed E-state index contributed by atoms with van der Waals surface area (Å²) in [5.74, 6) is -0.337. The molecule has 18 heavy (non-hydrogen) atoms. The van der Waals surface area contributed by atoms with E-state index in [2.05, 4.69) is 9.97 Å². The molecule has 0 atom stereocenters. The molecule has 0 bridgehead atoms. The minimum absolute atomic E-state index is 0.0300. The number of esters is 1. The minimum atomic E-state index is -0.642. The quantitative estimate of drug-likeness (QED) is 0.823. The number of pyridine rings is 2. The summed E-state index contributed by atoms with van der Waals surface area (Å²) in [5, 5.41) is 0.340. The summed E-state index contributed by atoms with van der Waals surface area (Å²) < 4.78 is 9.84. The molecule has 2 aromatic heterocycles. The Kier molecular flexibility index (Phi) is 3.27. The molecule has 0 fully saturated rings. The number of ether oxygens (including phenoxy) is 2. The molecule has 6 heteroatoms. The smallest absolute Gasteiger partial charge is 0.343 e. The van der Waals surface area contributed by atoms with E-state index in [-0.39, 0.29) is 12.2 Å². The van der Waals surface area contributed by atoms with Gasteiger partial charge in [-0.3, -0.25) is 4.79 Å². The largest absolute Gasteiger partial charge is 0.479 e. The summed E-state index contributed by atoms with van der Waals surface area (Å²) in [7, 11) is 1.46. The summed E-state index contributed by atoms with van der Waals surface area (Å²) in [6.07, 6.45) is 2.76. The zero-order chi connectivity index (χ0) is 13.1. The van der Waals surface area contributed by atoms with Crippen LogP contribution in [0.1, 0.15) is 17.3 Å². The standard InChI is InChI=1S/C12H12N2O4/c1-3-18-12(16)8-6-14-9-7(10(8)15)4-5-13-11(9)17-2/h4-6H,3H2,1-2H3,(H,14,15). The number of fused-ring (bicyclic) bond motifs is 1. The second-order valence-electron chi connectivity index (χ2n) is 3.49. The van der Waals surface area contributed by atoms with Gasteiger partial charge in [-0.05, 0) is 13.0 Å². The summed E-state index contributed by atoms with van der Waals surface area (Å²) in [6.45, 7) is 1.90. The number of carbonyl (C=O) groups excluding carboxylic acids is 1. The molecule has 1 N–H and O–H groups in total. The van der Waals surface area contributed by atoms with Crippen molar-refractivity contribution in [2.75, 3.05) is 13.7 Å². The van der Waals surface area contributed by atoms with Crippen molar-refractivity contribution in [1.29, 1.82) is 0 Å². The molecule has 0 saturated heterocycles. The molecule has 0 aliphatic rings. The lowest BCUT2D eigenvalue weighted by molar-refractivity contribution is 0.0524. The van der Waals surface area contributed by atoms with E-state index in [1.54, 1.807) is 6.92 Å². The van der Waals surface area contributed by atoms with Gasteiger partial charge in [0.15, 0.2) is 0 Å². The van der Waals surface area contributed by atoms with E-state index >= 15 is 0 Å². The van der Waals surface area contributed by atoms with E-state index in [4.69, 9.17) is 9.47 Å². The number of aromatic amines is 1. The summed E-state index contributed by atoms with van der Waals surface area (Å²) in [5.41, 5.74) is 0.0264. The Hall–Kier alpha value is -2.37. The van der Waals surface area contributed by atoms with Crippen LogP contribution < -0.4 is 10.2 Å². The van der Waals surface area contributed by atoms with Gasteiger partial charge in [-0.1, -0.05) is 0 Å². The van der Waals surface area contributed by atoms with Gasteiger partial charge in [0.2, 0.25) is 11.3 Å². The number of hydrogen-bond acceptors (Lipinski definition) is 5. The van der Waals surface area contributed by atoms with Gasteiger partial charge < -0.3 is 14.5 Å². The Bertz CT molecular complexity index is 648. The van der Waals surface area contributed by atoms with Crippen LogP contribution in [0, 0.1) is 0 Å². The number of nitrogens with one attached hydrogen (secondary N) is 1. The number of carbonyl (C=O) groups is 1. The van der Waals surface area contributed by atoms with Crippen LogP contribution in [0.2, 0.25) is 0 Å². The van der Waals surface area contributed by atoms with E-state index in [1.807, 2.05) is 0 Å². The minimum Gasteiger partial charge on any atom is -0.479 e. The Morgan fingerprint density at radius 3 is 2.94 bits per heavy atom. The van der Waals surface area contributed by atoms with Crippen molar-refractivity contribution in [2.24, 2.45) is 0 Å². The van der Waals surface area contributed by atoms with Gasteiger partial charge in [0.1, 0.15) is 11.1 Å². The van der Waals surface area contributed by atoms with Gasteiger partial charge in [0.25, 0.3) is 0 Å². The summed E-state index contributed by atoms with van der Waals surface area (Å²) in [4.78, 5) is 30.5. The molecule has 0 radical (unpaired) electrons. The number of methoxy groups -OCH3 is 1. The van der Waals surface area contributed by atoms with E-state index in [9.17, 15) is 9.59 Å². The molecule has 2 rings (SSSR count). The first-order valence-corrected chi connectivity index (χ1v) is 5.40. The maximum absolute atomic E-state index is 12.1. The zero-order valence-electron chi connectivity index (χ0n) is 10.0. The van der Waals surface area contributed by atoms with E-state index in [1.165, 1.54) is 25.6 Å². The van der Waals surface area contributed by atoms with Crippen molar-refractivity contribution in [3.63, 3.8) is 0 Å². The lowest BCUT2D eigenvalue weighted by Crippen LogP contribution is -2.18. The molecular weight excluding hydrogens is 236 g/mol. The third-order valence-electron chi connectivity index (χ3n) is 2.45. The molecule has 0 unspecified atom stereocenters. The summed E-state index contributed by atoms with van der Waals surface area (Å²) in [6, 6.07) is 1.53. The van der Waals surface area contributed by atoms with Gasteiger partial charge in [0, 0.05) is 12.4 Å². The fourth-order valence-electron chi connectivity index (χ4n) is 1.64. The highest BCUT2D eigenvalue weighted by Crippen LogP contribution is 2.17. The molecule has 2 aromatic rings. The van der Waals surface area contributed by atoms with Gasteiger partial charge in [-0.25, -0.2) is 9.78 Å². The monoisotopic (exact) mass is 248 g/mol. The first kappa shape index (κ1) is 12.1. The SMILES string of the molecule is CCOC(=O)c1c[nH]c2c(OC)nccc2c1=O. The highest BCUT2D eigenvalue weighted by atomic mass is 16.5. The average Bonchev–Trinajstić information content (AvgIpc) is 2.39. The van der Waals surface area contributed by atoms with Crippen LogP contribution in [0.25, 0.3) is 10.9 Å². The maximum atomic E-state index is 12.1. The van der Waals surface area contributed by atoms with Crippen molar-refractivity contribution in [3.05, 3.63) is 34.2 Å². The van der Waals surface area contributed by atoms with Crippen molar-refractivity contribution in [1.82, 2.24) is 9.97 Å². The molecule has 0 spiro atoms. The number of aromatic nitrogens is 2. The average molecular weight is 248 g/mol. The molecule has 0 saturated carbocycles. The van der Waals surface area contributed by atoms with Crippen LogP contribution in [0.5, 0.6) is 5.88 Å². The van der Waals surface area contributed by atoms with E-state index in [0.717, 1.165) is 0 Å². The van der Waals surface area contributed by atoms with Crippen molar-refractivity contribution >= 4 is 16.9 Å². The van der Waals surface area contributed by atoms with Crippen molar-refractivity contribution in [2.45, 2.75) is 6.92 Å². The molecule has 0 amide bonds. The third kappa shape index (κ3) is 1.92. The molecule has 2 heterocycles. The van der Waals surface area contributed by atoms with Crippen molar-refractivity contribution in [3.8, 4) is 5.88 Å². The fraction of sp³-hybridized carbons (Fsp3) is 0.250. The Morgan fingerprint density at radius 1 is 1.50 bits per heavy atom.